The van der Waals surface area contributed by atoms with Crippen molar-refractivity contribution < 1.29 is 14.2 Å². The monoisotopic (exact) mass is 303 g/mol. The van der Waals surface area contributed by atoms with E-state index in [2.05, 4.69) is 16.6 Å². The van der Waals surface area contributed by atoms with Crippen LogP contribution in [0.3, 0.4) is 0 Å². The van der Waals surface area contributed by atoms with Crippen LogP contribution in [0, 0.1) is 0 Å². The number of hydrogen-bond acceptors (Lipinski definition) is 4. The van der Waals surface area contributed by atoms with E-state index in [0.29, 0.717) is 6.61 Å². The van der Waals surface area contributed by atoms with Crippen molar-refractivity contribution in [3.63, 3.8) is 0 Å². The summed E-state index contributed by atoms with van der Waals surface area (Å²) in [6.07, 6.45) is 0.626. The molecule has 1 aromatic carbocycles. The summed E-state index contributed by atoms with van der Waals surface area (Å²) in [6.45, 7) is 8.04. The van der Waals surface area contributed by atoms with Gasteiger partial charge >= 0.3 is 0 Å². The Morgan fingerprint density at radius 2 is 2.14 bits per heavy atom. The third-order valence-electron chi connectivity index (χ3n) is 3.39. The Balaban J connectivity index is 2.08. The highest BCUT2D eigenvalue weighted by Gasteiger charge is 2.44. The fourth-order valence-corrected chi connectivity index (χ4v) is 2.43. The number of hydrogen-bond donors (Lipinski definition) is 0. The predicted octanol–water partition coefficient (Wildman–Crippen LogP) is 3.59. The minimum atomic E-state index is -0.714. The van der Waals surface area contributed by atoms with E-state index in [-0.39, 0.29) is 18.8 Å². The van der Waals surface area contributed by atoms with E-state index in [1.54, 1.807) is 6.08 Å². The van der Waals surface area contributed by atoms with Crippen molar-refractivity contribution in [2.45, 2.75) is 44.6 Å². The lowest BCUT2D eigenvalue weighted by molar-refractivity contribution is -0.158. The van der Waals surface area contributed by atoms with E-state index in [9.17, 15) is 0 Å². The van der Waals surface area contributed by atoms with Gasteiger partial charge in [0.15, 0.2) is 5.79 Å². The van der Waals surface area contributed by atoms with Crippen LogP contribution in [0.15, 0.2) is 48.1 Å². The summed E-state index contributed by atoms with van der Waals surface area (Å²) >= 11 is 0. The van der Waals surface area contributed by atoms with Gasteiger partial charge < -0.3 is 14.2 Å². The molecule has 22 heavy (non-hydrogen) atoms. The molecule has 0 unspecified atom stereocenters. The number of rotatable bonds is 7. The smallest absolute Gasteiger partial charge is 0.164 e. The molecule has 3 atom stereocenters. The van der Waals surface area contributed by atoms with Crippen LogP contribution < -0.4 is 0 Å². The van der Waals surface area contributed by atoms with Crippen LogP contribution in [0.4, 0.5) is 0 Å². The van der Waals surface area contributed by atoms with Gasteiger partial charge in [0.05, 0.1) is 19.3 Å². The van der Waals surface area contributed by atoms with E-state index < -0.39 is 11.9 Å². The Labute approximate surface area is 130 Å². The molecule has 0 amide bonds. The van der Waals surface area contributed by atoms with Crippen molar-refractivity contribution in [3.05, 3.63) is 59.0 Å². The van der Waals surface area contributed by atoms with E-state index in [1.165, 1.54) is 0 Å². The van der Waals surface area contributed by atoms with Crippen molar-refractivity contribution >= 4 is 0 Å². The van der Waals surface area contributed by atoms with Crippen molar-refractivity contribution in [2.75, 3.05) is 6.54 Å². The van der Waals surface area contributed by atoms with Crippen LogP contribution in [0.5, 0.6) is 0 Å². The Morgan fingerprint density at radius 3 is 2.77 bits per heavy atom. The summed E-state index contributed by atoms with van der Waals surface area (Å²) in [5.74, 6) is -0.714. The average Bonchev–Trinajstić information content (AvgIpc) is 2.83. The van der Waals surface area contributed by atoms with Gasteiger partial charge in [-0.2, -0.15) is 0 Å². The standard InChI is InChI=1S/C16H21N3O3/c1-4-13-15(22-16(2,3)21-13)14(10-18-19-17)20-11-12-8-6-5-7-9-12/h4-9,13-15H,1,10-11H2,2-3H3/t13-,14+,15+/m1/s1. The van der Waals surface area contributed by atoms with E-state index in [4.69, 9.17) is 19.7 Å². The zero-order chi connectivity index (χ0) is 16.0. The molecular weight excluding hydrogens is 282 g/mol. The van der Waals surface area contributed by atoms with Crippen molar-refractivity contribution in [1.82, 2.24) is 0 Å². The van der Waals surface area contributed by atoms with Crippen LogP contribution in [0.25, 0.3) is 10.4 Å². The molecule has 1 fully saturated rings. The molecule has 2 rings (SSSR count). The first kappa shape index (κ1) is 16.5. The van der Waals surface area contributed by atoms with Gasteiger partial charge in [0.25, 0.3) is 0 Å². The summed E-state index contributed by atoms with van der Waals surface area (Å²) in [7, 11) is 0. The normalized spacial score (nSPS) is 24.5. The van der Waals surface area contributed by atoms with Gasteiger partial charge in [-0.3, -0.25) is 0 Å². The Morgan fingerprint density at radius 1 is 1.41 bits per heavy atom. The lowest BCUT2D eigenvalue weighted by atomic mass is 10.1. The highest BCUT2D eigenvalue weighted by atomic mass is 16.8. The van der Waals surface area contributed by atoms with Gasteiger partial charge in [-0.15, -0.1) is 6.58 Å². The molecule has 0 aliphatic carbocycles. The van der Waals surface area contributed by atoms with Gasteiger partial charge in [0.2, 0.25) is 0 Å². The van der Waals surface area contributed by atoms with E-state index in [1.807, 2.05) is 44.2 Å². The lowest BCUT2D eigenvalue weighted by Gasteiger charge is -2.24. The fraction of sp³-hybridized carbons (Fsp3) is 0.500. The SMILES string of the molecule is C=C[C@H]1OC(C)(C)O[C@@H]1[C@H](CN=[N+]=[N-])OCc1ccccc1. The highest BCUT2D eigenvalue weighted by molar-refractivity contribution is 5.13. The molecule has 6 heteroatoms. The van der Waals surface area contributed by atoms with Gasteiger partial charge in [0, 0.05) is 4.91 Å². The van der Waals surface area contributed by atoms with Gasteiger partial charge in [-0.1, -0.05) is 41.5 Å². The Hall–Kier alpha value is -1.85. The van der Waals surface area contributed by atoms with Gasteiger partial charge in [-0.25, -0.2) is 0 Å². The highest BCUT2D eigenvalue weighted by Crippen LogP contribution is 2.32. The molecular formula is C16H21N3O3. The molecule has 0 radical (unpaired) electrons. The molecule has 6 nitrogen and oxygen atoms in total. The largest absolute Gasteiger partial charge is 0.371 e. The Kier molecular flexibility index (Phi) is 5.57. The first-order valence-electron chi connectivity index (χ1n) is 7.20. The lowest BCUT2D eigenvalue weighted by Crippen LogP contribution is -2.38. The summed E-state index contributed by atoms with van der Waals surface area (Å²) in [5.41, 5.74) is 9.62. The Bertz CT molecular complexity index is 541. The number of benzene rings is 1. The molecule has 1 saturated heterocycles. The summed E-state index contributed by atoms with van der Waals surface area (Å²) in [6, 6.07) is 9.81. The molecule has 118 valence electrons. The third kappa shape index (κ3) is 4.32. The zero-order valence-corrected chi connectivity index (χ0v) is 12.9. The van der Waals surface area contributed by atoms with Crippen molar-refractivity contribution in [2.24, 2.45) is 5.11 Å². The third-order valence-corrected chi connectivity index (χ3v) is 3.39. The zero-order valence-electron chi connectivity index (χ0n) is 12.9. The topological polar surface area (TPSA) is 76.5 Å². The average molecular weight is 303 g/mol. The molecule has 1 heterocycles. The minimum Gasteiger partial charge on any atom is -0.371 e. The predicted molar refractivity (Wildman–Crippen MR) is 83.1 cm³/mol. The van der Waals surface area contributed by atoms with Crippen LogP contribution in [0.2, 0.25) is 0 Å². The molecule has 0 bridgehead atoms. The first-order chi connectivity index (χ1) is 10.6. The number of azide groups is 1. The van der Waals surface area contributed by atoms with Crippen LogP contribution >= 0.6 is 0 Å². The summed E-state index contributed by atoms with van der Waals surface area (Å²) in [4.78, 5) is 2.81. The second kappa shape index (κ2) is 7.42. The molecule has 1 aromatic rings. The molecule has 0 aromatic heterocycles. The van der Waals surface area contributed by atoms with E-state index >= 15 is 0 Å². The summed E-state index contributed by atoms with van der Waals surface area (Å²) in [5, 5.41) is 3.63. The van der Waals surface area contributed by atoms with Crippen molar-refractivity contribution in [1.29, 1.82) is 0 Å². The molecule has 1 aliphatic heterocycles. The second-order valence-corrected chi connectivity index (χ2v) is 5.55. The van der Waals surface area contributed by atoms with Crippen LogP contribution in [-0.4, -0.2) is 30.6 Å². The van der Waals surface area contributed by atoms with Gasteiger partial charge in [0.1, 0.15) is 12.2 Å². The number of ether oxygens (including phenoxy) is 3. The minimum absolute atomic E-state index is 0.178. The number of nitrogens with zero attached hydrogens (tertiary/aromatic N) is 3. The molecule has 0 saturated carbocycles. The maximum atomic E-state index is 8.58. The molecule has 0 spiro atoms. The van der Waals surface area contributed by atoms with Gasteiger partial charge in [-0.05, 0) is 24.9 Å². The van der Waals surface area contributed by atoms with Crippen LogP contribution in [0.1, 0.15) is 19.4 Å². The molecule has 1 aliphatic rings. The molecule has 0 N–H and O–H groups in total. The van der Waals surface area contributed by atoms with Crippen molar-refractivity contribution in [3.8, 4) is 0 Å². The fourth-order valence-electron chi connectivity index (χ4n) is 2.43. The van der Waals surface area contributed by atoms with E-state index in [0.717, 1.165) is 5.56 Å². The maximum Gasteiger partial charge on any atom is 0.164 e. The summed E-state index contributed by atoms with van der Waals surface area (Å²) < 4.78 is 17.6. The van der Waals surface area contributed by atoms with Crippen LogP contribution in [-0.2, 0) is 20.8 Å². The first-order valence-corrected chi connectivity index (χ1v) is 7.20. The maximum absolute atomic E-state index is 8.58. The quantitative estimate of drug-likeness (QED) is 0.334. The second-order valence-electron chi connectivity index (χ2n) is 5.55.